The van der Waals surface area contributed by atoms with Crippen molar-refractivity contribution in [1.82, 2.24) is 0 Å². The molecule has 0 aliphatic carbocycles. The second-order valence-corrected chi connectivity index (χ2v) is 5.73. The standard InChI is InChI=1S/C22H16O5/c1-15(23)19-14-18(26-21(24)16-8-4-2-5-9-16)12-13-20(19)27-22(25)17-10-6-3-7-11-17/h2-14H,1H3. The highest BCUT2D eigenvalue weighted by molar-refractivity contribution is 5.99. The monoisotopic (exact) mass is 360 g/mol. The first-order valence-electron chi connectivity index (χ1n) is 8.24. The Hall–Kier alpha value is -3.73. The summed E-state index contributed by atoms with van der Waals surface area (Å²) in [6, 6.07) is 21.2. The van der Waals surface area contributed by atoms with Gasteiger partial charge in [0.2, 0.25) is 0 Å². The smallest absolute Gasteiger partial charge is 0.343 e. The summed E-state index contributed by atoms with van der Waals surface area (Å²) in [7, 11) is 0. The van der Waals surface area contributed by atoms with E-state index >= 15 is 0 Å². The second kappa shape index (κ2) is 8.10. The summed E-state index contributed by atoms with van der Waals surface area (Å²) in [6.45, 7) is 1.35. The van der Waals surface area contributed by atoms with Gasteiger partial charge in [-0.25, -0.2) is 9.59 Å². The lowest BCUT2D eigenvalue weighted by molar-refractivity contribution is 0.0716. The Bertz CT molecular complexity index is 978. The lowest BCUT2D eigenvalue weighted by atomic mass is 10.1. The van der Waals surface area contributed by atoms with Crippen LogP contribution in [0.15, 0.2) is 78.9 Å². The van der Waals surface area contributed by atoms with Crippen molar-refractivity contribution in [2.75, 3.05) is 0 Å². The topological polar surface area (TPSA) is 69.7 Å². The van der Waals surface area contributed by atoms with Crippen LogP contribution in [-0.4, -0.2) is 17.7 Å². The summed E-state index contributed by atoms with van der Waals surface area (Å²) in [5, 5.41) is 0. The van der Waals surface area contributed by atoms with Crippen LogP contribution < -0.4 is 9.47 Å². The fourth-order valence-electron chi connectivity index (χ4n) is 2.41. The van der Waals surface area contributed by atoms with Gasteiger partial charge in [-0.15, -0.1) is 0 Å². The third kappa shape index (κ3) is 4.46. The van der Waals surface area contributed by atoms with E-state index in [4.69, 9.17) is 9.47 Å². The number of hydrogen-bond donors (Lipinski definition) is 0. The summed E-state index contributed by atoms with van der Waals surface area (Å²) in [6.07, 6.45) is 0. The number of hydrogen-bond acceptors (Lipinski definition) is 5. The molecule has 0 saturated carbocycles. The minimum Gasteiger partial charge on any atom is -0.423 e. The number of esters is 2. The normalized spacial score (nSPS) is 10.1. The number of rotatable bonds is 5. The molecular weight excluding hydrogens is 344 g/mol. The molecule has 0 bridgehead atoms. The highest BCUT2D eigenvalue weighted by atomic mass is 16.5. The largest absolute Gasteiger partial charge is 0.423 e. The average molecular weight is 360 g/mol. The van der Waals surface area contributed by atoms with Crippen LogP contribution in [0.4, 0.5) is 0 Å². The summed E-state index contributed by atoms with van der Waals surface area (Å²) in [5.41, 5.74) is 0.908. The zero-order valence-corrected chi connectivity index (χ0v) is 14.5. The van der Waals surface area contributed by atoms with E-state index in [2.05, 4.69) is 0 Å². The molecular formula is C22H16O5. The number of ketones is 1. The van der Waals surface area contributed by atoms with Gasteiger partial charge in [-0.2, -0.15) is 0 Å². The molecule has 134 valence electrons. The van der Waals surface area contributed by atoms with E-state index < -0.39 is 11.9 Å². The molecule has 27 heavy (non-hydrogen) atoms. The van der Waals surface area contributed by atoms with Crippen LogP contribution in [0, 0.1) is 0 Å². The van der Waals surface area contributed by atoms with Gasteiger partial charge in [0.25, 0.3) is 0 Å². The predicted octanol–water partition coefficient (Wildman–Crippen LogP) is 4.33. The fraction of sp³-hybridized carbons (Fsp3) is 0.0455. The van der Waals surface area contributed by atoms with Crippen LogP contribution in [-0.2, 0) is 0 Å². The fourth-order valence-corrected chi connectivity index (χ4v) is 2.41. The first-order chi connectivity index (χ1) is 13.0. The highest BCUT2D eigenvalue weighted by Crippen LogP contribution is 2.26. The molecule has 3 aromatic rings. The maximum atomic E-state index is 12.2. The van der Waals surface area contributed by atoms with Crippen molar-refractivity contribution in [3.05, 3.63) is 95.6 Å². The van der Waals surface area contributed by atoms with Crippen molar-refractivity contribution in [2.45, 2.75) is 6.92 Å². The SMILES string of the molecule is CC(=O)c1cc(OC(=O)c2ccccc2)ccc1OC(=O)c1ccccc1. The molecule has 0 aliphatic rings. The van der Waals surface area contributed by atoms with E-state index in [9.17, 15) is 14.4 Å². The first kappa shape index (κ1) is 18.1. The average Bonchev–Trinajstić information content (AvgIpc) is 2.70. The van der Waals surface area contributed by atoms with Gasteiger partial charge in [0.15, 0.2) is 5.78 Å². The molecule has 0 aliphatic heterocycles. The van der Waals surface area contributed by atoms with E-state index in [1.807, 2.05) is 0 Å². The molecule has 0 atom stereocenters. The predicted molar refractivity (Wildman–Crippen MR) is 99.2 cm³/mol. The molecule has 0 aromatic heterocycles. The Morgan fingerprint density at radius 3 is 1.70 bits per heavy atom. The molecule has 5 heteroatoms. The van der Waals surface area contributed by atoms with Gasteiger partial charge in [-0.3, -0.25) is 4.79 Å². The second-order valence-electron chi connectivity index (χ2n) is 5.73. The lowest BCUT2D eigenvalue weighted by Crippen LogP contribution is -2.12. The summed E-state index contributed by atoms with van der Waals surface area (Å²) >= 11 is 0. The Morgan fingerprint density at radius 2 is 1.19 bits per heavy atom. The number of benzene rings is 3. The quantitative estimate of drug-likeness (QED) is 0.385. The Kier molecular flexibility index (Phi) is 5.42. The Labute approximate surface area is 156 Å². The number of Topliss-reactive ketones (excluding diaryl/α,β-unsaturated/α-hetero) is 1. The molecule has 0 fully saturated rings. The van der Waals surface area contributed by atoms with E-state index in [1.54, 1.807) is 60.7 Å². The van der Waals surface area contributed by atoms with Gasteiger partial charge in [0.1, 0.15) is 11.5 Å². The van der Waals surface area contributed by atoms with E-state index in [-0.39, 0.29) is 22.8 Å². The molecule has 0 amide bonds. The lowest BCUT2D eigenvalue weighted by Gasteiger charge is -2.11. The maximum Gasteiger partial charge on any atom is 0.343 e. The Balaban J connectivity index is 1.82. The van der Waals surface area contributed by atoms with Crippen LogP contribution in [0.25, 0.3) is 0 Å². The molecule has 0 radical (unpaired) electrons. The van der Waals surface area contributed by atoms with E-state index in [0.717, 1.165) is 0 Å². The minimum atomic E-state index is -0.577. The molecule has 3 aromatic carbocycles. The van der Waals surface area contributed by atoms with Crippen molar-refractivity contribution >= 4 is 17.7 Å². The van der Waals surface area contributed by atoms with Crippen LogP contribution in [0.2, 0.25) is 0 Å². The van der Waals surface area contributed by atoms with E-state index in [1.165, 1.54) is 25.1 Å². The van der Waals surface area contributed by atoms with Crippen molar-refractivity contribution < 1.29 is 23.9 Å². The molecule has 5 nitrogen and oxygen atoms in total. The summed E-state index contributed by atoms with van der Waals surface area (Å²) in [5.74, 6) is -1.14. The Morgan fingerprint density at radius 1 is 0.667 bits per heavy atom. The van der Waals surface area contributed by atoms with Crippen molar-refractivity contribution in [1.29, 1.82) is 0 Å². The van der Waals surface area contributed by atoms with Crippen molar-refractivity contribution in [3.63, 3.8) is 0 Å². The first-order valence-corrected chi connectivity index (χ1v) is 8.24. The third-order valence-corrected chi connectivity index (χ3v) is 3.76. The molecule has 3 rings (SSSR count). The molecule has 0 unspecified atom stereocenters. The number of carbonyl (C=O) groups excluding carboxylic acids is 3. The van der Waals surface area contributed by atoms with Crippen LogP contribution in [0.5, 0.6) is 11.5 Å². The zero-order chi connectivity index (χ0) is 19.2. The molecule has 0 saturated heterocycles. The zero-order valence-electron chi connectivity index (χ0n) is 14.5. The molecule has 0 spiro atoms. The van der Waals surface area contributed by atoms with Crippen molar-refractivity contribution in [2.24, 2.45) is 0 Å². The summed E-state index contributed by atoms with van der Waals surface area (Å²) < 4.78 is 10.6. The van der Waals surface area contributed by atoms with Gasteiger partial charge in [-0.1, -0.05) is 36.4 Å². The number of carbonyl (C=O) groups is 3. The minimum absolute atomic E-state index is 0.107. The van der Waals surface area contributed by atoms with Crippen LogP contribution >= 0.6 is 0 Å². The van der Waals surface area contributed by atoms with Crippen LogP contribution in [0.3, 0.4) is 0 Å². The van der Waals surface area contributed by atoms with Crippen molar-refractivity contribution in [3.8, 4) is 11.5 Å². The van der Waals surface area contributed by atoms with Gasteiger partial charge in [-0.05, 0) is 49.4 Å². The molecule has 0 heterocycles. The van der Waals surface area contributed by atoms with Gasteiger partial charge in [0, 0.05) is 0 Å². The van der Waals surface area contributed by atoms with E-state index in [0.29, 0.717) is 11.1 Å². The molecule has 0 N–H and O–H groups in total. The van der Waals surface area contributed by atoms with Gasteiger partial charge in [0.05, 0.1) is 16.7 Å². The van der Waals surface area contributed by atoms with Gasteiger partial charge >= 0.3 is 11.9 Å². The van der Waals surface area contributed by atoms with Crippen LogP contribution in [0.1, 0.15) is 38.0 Å². The number of ether oxygens (including phenoxy) is 2. The highest BCUT2D eigenvalue weighted by Gasteiger charge is 2.16. The third-order valence-electron chi connectivity index (χ3n) is 3.76. The maximum absolute atomic E-state index is 12.2. The summed E-state index contributed by atoms with van der Waals surface area (Å²) in [4.78, 5) is 36.3. The van der Waals surface area contributed by atoms with Gasteiger partial charge < -0.3 is 9.47 Å².